The fourth-order valence-corrected chi connectivity index (χ4v) is 2.82. The van der Waals surface area contributed by atoms with Crippen molar-refractivity contribution in [2.24, 2.45) is 23.0 Å². The number of nitrogens with two attached hydrogens (primary N) is 1. The average molecular weight is 270 g/mol. The first-order chi connectivity index (χ1) is 8.81. The van der Waals surface area contributed by atoms with Crippen molar-refractivity contribution >= 4 is 11.9 Å². The fraction of sp³-hybridized carbons (Fsp3) is 0.857. The third kappa shape index (κ3) is 3.69. The zero-order valence-corrected chi connectivity index (χ0v) is 12.1. The minimum Gasteiger partial charge on any atom is -0.481 e. The van der Waals surface area contributed by atoms with Crippen molar-refractivity contribution in [3.8, 4) is 0 Å². The monoisotopic (exact) mass is 270 g/mol. The maximum Gasteiger partial charge on any atom is 0.311 e. The molecular weight excluding hydrogens is 244 g/mol. The molecule has 0 saturated heterocycles. The SMILES string of the molecule is CC(C)CC(CN)C(=O)NC1CCCC1(C)C(=O)O. The zero-order chi connectivity index (χ0) is 14.6. The highest BCUT2D eigenvalue weighted by Crippen LogP contribution is 2.38. The molecule has 1 amide bonds. The molecule has 110 valence electrons. The van der Waals surface area contributed by atoms with Gasteiger partial charge in [-0.25, -0.2) is 0 Å². The standard InChI is InChI=1S/C14H26N2O3/c1-9(2)7-10(8-15)12(17)16-11-5-4-6-14(11,3)13(18)19/h9-11H,4-8,15H2,1-3H3,(H,16,17)(H,18,19). The van der Waals surface area contributed by atoms with Crippen LogP contribution in [0.1, 0.15) is 46.5 Å². The summed E-state index contributed by atoms with van der Waals surface area (Å²) >= 11 is 0. The zero-order valence-electron chi connectivity index (χ0n) is 12.1. The van der Waals surface area contributed by atoms with E-state index >= 15 is 0 Å². The summed E-state index contributed by atoms with van der Waals surface area (Å²) < 4.78 is 0. The molecule has 0 radical (unpaired) electrons. The second-order valence-corrected chi connectivity index (χ2v) is 6.24. The highest BCUT2D eigenvalue weighted by atomic mass is 16.4. The summed E-state index contributed by atoms with van der Waals surface area (Å²) in [5.74, 6) is -0.758. The molecule has 1 aliphatic carbocycles. The van der Waals surface area contributed by atoms with Crippen LogP contribution in [0.5, 0.6) is 0 Å². The molecule has 0 spiro atoms. The molecule has 1 fully saturated rings. The first kappa shape index (κ1) is 16.0. The van der Waals surface area contributed by atoms with Gasteiger partial charge < -0.3 is 16.2 Å². The average Bonchev–Trinajstić information content (AvgIpc) is 2.69. The minimum atomic E-state index is -0.841. The number of nitrogens with one attached hydrogen (secondary N) is 1. The maximum absolute atomic E-state index is 12.2. The van der Waals surface area contributed by atoms with E-state index in [1.807, 2.05) is 13.8 Å². The van der Waals surface area contributed by atoms with Crippen LogP contribution in [0.25, 0.3) is 0 Å². The molecule has 0 heterocycles. The Morgan fingerprint density at radius 1 is 1.47 bits per heavy atom. The van der Waals surface area contributed by atoms with Gasteiger partial charge in [-0.05, 0) is 32.1 Å². The van der Waals surface area contributed by atoms with E-state index in [9.17, 15) is 14.7 Å². The Morgan fingerprint density at radius 3 is 2.58 bits per heavy atom. The number of carboxylic acids is 1. The second kappa shape index (κ2) is 6.37. The number of rotatable bonds is 6. The van der Waals surface area contributed by atoms with Crippen LogP contribution in [-0.2, 0) is 9.59 Å². The van der Waals surface area contributed by atoms with Crippen LogP contribution in [0.15, 0.2) is 0 Å². The largest absolute Gasteiger partial charge is 0.481 e. The van der Waals surface area contributed by atoms with Crippen LogP contribution in [0.4, 0.5) is 0 Å². The molecule has 3 unspecified atom stereocenters. The fourth-order valence-electron chi connectivity index (χ4n) is 2.82. The van der Waals surface area contributed by atoms with Gasteiger partial charge in [0.15, 0.2) is 0 Å². The third-order valence-electron chi connectivity index (χ3n) is 4.17. The second-order valence-electron chi connectivity index (χ2n) is 6.24. The van der Waals surface area contributed by atoms with Gasteiger partial charge in [0.25, 0.3) is 0 Å². The molecule has 1 rings (SSSR count). The van der Waals surface area contributed by atoms with Crippen molar-refractivity contribution in [1.29, 1.82) is 0 Å². The van der Waals surface area contributed by atoms with Gasteiger partial charge in [0.2, 0.25) is 5.91 Å². The summed E-state index contributed by atoms with van der Waals surface area (Å²) in [5.41, 5.74) is 4.81. The molecule has 3 atom stereocenters. The predicted molar refractivity (Wildman–Crippen MR) is 73.5 cm³/mol. The molecule has 0 bridgehead atoms. The summed E-state index contributed by atoms with van der Waals surface area (Å²) in [6, 6.07) is -0.279. The van der Waals surface area contributed by atoms with Gasteiger partial charge in [0.05, 0.1) is 11.3 Å². The van der Waals surface area contributed by atoms with E-state index in [2.05, 4.69) is 5.32 Å². The van der Waals surface area contributed by atoms with Crippen LogP contribution in [0.2, 0.25) is 0 Å². The summed E-state index contributed by atoms with van der Waals surface area (Å²) in [4.78, 5) is 23.5. The van der Waals surface area contributed by atoms with E-state index in [1.165, 1.54) is 0 Å². The van der Waals surface area contributed by atoms with E-state index in [1.54, 1.807) is 6.92 Å². The van der Waals surface area contributed by atoms with Crippen LogP contribution in [0, 0.1) is 17.3 Å². The van der Waals surface area contributed by atoms with Crippen LogP contribution in [-0.4, -0.2) is 29.6 Å². The van der Waals surface area contributed by atoms with E-state index < -0.39 is 11.4 Å². The minimum absolute atomic E-state index is 0.101. The Hall–Kier alpha value is -1.10. The van der Waals surface area contributed by atoms with E-state index in [0.717, 1.165) is 19.3 Å². The Balaban J connectivity index is 2.67. The third-order valence-corrected chi connectivity index (χ3v) is 4.17. The number of amides is 1. The smallest absolute Gasteiger partial charge is 0.311 e. The molecule has 0 aromatic heterocycles. The lowest BCUT2D eigenvalue weighted by atomic mass is 9.84. The first-order valence-corrected chi connectivity index (χ1v) is 7.05. The van der Waals surface area contributed by atoms with Gasteiger partial charge in [-0.1, -0.05) is 20.3 Å². The normalized spacial score (nSPS) is 28.4. The summed E-state index contributed by atoms with van der Waals surface area (Å²) in [5, 5.41) is 12.2. The van der Waals surface area contributed by atoms with Crippen LogP contribution in [0.3, 0.4) is 0 Å². The molecule has 1 aliphatic rings. The van der Waals surface area contributed by atoms with Gasteiger partial charge in [0, 0.05) is 12.6 Å². The topological polar surface area (TPSA) is 92.4 Å². The molecule has 4 N–H and O–H groups in total. The van der Waals surface area contributed by atoms with Gasteiger partial charge in [-0.2, -0.15) is 0 Å². The van der Waals surface area contributed by atoms with Crippen molar-refractivity contribution in [2.75, 3.05) is 6.54 Å². The Morgan fingerprint density at radius 2 is 2.11 bits per heavy atom. The lowest BCUT2D eigenvalue weighted by Gasteiger charge is -2.29. The predicted octanol–water partition coefficient (Wildman–Crippen LogP) is 1.37. The maximum atomic E-state index is 12.2. The molecule has 5 heteroatoms. The lowest BCUT2D eigenvalue weighted by Crippen LogP contribution is -2.49. The Bertz CT molecular complexity index is 344. The Kier molecular flexibility index (Phi) is 5.35. The number of carbonyl (C=O) groups excluding carboxylic acids is 1. The first-order valence-electron chi connectivity index (χ1n) is 7.05. The van der Waals surface area contributed by atoms with Crippen LogP contribution >= 0.6 is 0 Å². The number of hydrogen-bond acceptors (Lipinski definition) is 3. The molecule has 0 aromatic rings. The molecule has 19 heavy (non-hydrogen) atoms. The van der Waals surface area contributed by atoms with E-state index in [0.29, 0.717) is 18.9 Å². The van der Waals surface area contributed by atoms with E-state index in [-0.39, 0.29) is 17.9 Å². The number of hydrogen-bond donors (Lipinski definition) is 3. The van der Waals surface area contributed by atoms with E-state index in [4.69, 9.17) is 5.73 Å². The van der Waals surface area contributed by atoms with Crippen molar-refractivity contribution in [3.63, 3.8) is 0 Å². The number of carboxylic acid groups (broad SMARTS) is 1. The summed E-state index contributed by atoms with van der Waals surface area (Å²) in [6.07, 6.45) is 2.92. The lowest BCUT2D eigenvalue weighted by molar-refractivity contribution is -0.149. The molecule has 0 aromatic carbocycles. The van der Waals surface area contributed by atoms with Crippen molar-refractivity contribution in [2.45, 2.75) is 52.5 Å². The summed E-state index contributed by atoms with van der Waals surface area (Å²) in [6.45, 7) is 6.12. The molecule has 5 nitrogen and oxygen atoms in total. The highest BCUT2D eigenvalue weighted by molar-refractivity contribution is 5.81. The quantitative estimate of drug-likeness (QED) is 0.679. The van der Waals surface area contributed by atoms with Crippen molar-refractivity contribution < 1.29 is 14.7 Å². The van der Waals surface area contributed by atoms with Gasteiger partial charge >= 0.3 is 5.97 Å². The molecule has 1 saturated carbocycles. The highest BCUT2D eigenvalue weighted by Gasteiger charge is 2.46. The molecular formula is C14H26N2O3. The Labute approximate surface area is 114 Å². The van der Waals surface area contributed by atoms with Crippen LogP contribution < -0.4 is 11.1 Å². The van der Waals surface area contributed by atoms with Gasteiger partial charge in [-0.3, -0.25) is 9.59 Å². The molecule has 0 aliphatic heterocycles. The van der Waals surface area contributed by atoms with Crippen molar-refractivity contribution in [3.05, 3.63) is 0 Å². The number of aliphatic carboxylic acids is 1. The van der Waals surface area contributed by atoms with Crippen molar-refractivity contribution in [1.82, 2.24) is 5.32 Å². The van der Waals surface area contributed by atoms with Gasteiger partial charge in [0.1, 0.15) is 0 Å². The van der Waals surface area contributed by atoms with Gasteiger partial charge in [-0.15, -0.1) is 0 Å². The summed E-state index contributed by atoms with van der Waals surface area (Å²) in [7, 11) is 0. The number of carbonyl (C=O) groups is 2.